The molecule has 0 bridgehead atoms. The lowest BCUT2D eigenvalue weighted by Gasteiger charge is -2.41. The van der Waals surface area contributed by atoms with Crippen molar-refractivity contribution in [3.63, 3.8) is 0 Å². The highest BCUT2D eigenvalue weighted by atomic mass is 16.5. The molecule has 2 nitrogen and oxygen atoms in total. The zero-order valence-electron chi connectivity index (χ0n) is 13.3. The Morgan fingerprint density at radius 2 is 1.67 bits per heavy atom. The summed E-state index contributed by atoms with van der Waals surface area (Å²) in [5.41, 5.74) is 1.50. The molecule has 1 aromatic rings. The minimum atomic E-state index is 0.501. The highest BCUT2D eigenvalue weighted by Crippen LogP contribution is 2.26. The molecule has 1 unspecified atom stereocenters. The van der Waals surface area contributed by atoms with Gasteiger partial charge in [-0.3, -0.25) is 0 Å². The summed E-state index contributed by atoms with van der Waals surface area (Å²) in [4.78, 5) is 0. The molecule has 3 rings (SSSR count). The average Bonchev–Trinajstić information content (AvgIpc) is 2.75. The highest BCUT2D eigenvalue weighted by Gasteiger charge is 2.33. The third-order valence-electron chi connectivity index (χ3n) is 5.24. The van der Waals surface area contributed by atoms with Crippen molar-refractivity contribution >= 4 is 0 Å². The average molecular weight is 288 g/mol. The molecule has 0 saturated carbocycles. The molecule has 2 aliphatic rings. The third-order valence-corrected chi connectivity index (χ3v) is 5.24. The van der Waals surface area contributed by atoms with E-state index >= 15 is 0 Å². The first-order chi connectivity index (χ1) is 10.4. The van der Waals surface area contributed by atoms with Crippen LogP contribution in [0.2, 0.25) is 0 Å². The Balaban J connectivity index is 1.72. The Hall–Kier alpha value is -0.860. The summed E-state index contributed by atoms with van der Waals surface area (Å²) in [7, 11) is 0. The van der Waals surface area contributed by atoms with Crippen LogP contribution in [0.3, 0.4) is 0 Å². The summed E-state index contributed by atoms with van der Waals surface area (Å²) in [6.07, 6.45) is 10.0. The summed E-state index contributed by atoms with van der Waals surface area (Å²) in [6, 6.07) is 11.1. The van der Waals surface area contributed by atoms with Crippen molar-refractivity contribution in [2.24, 2.45) is 0 Å². The number of likely N-dealkylation sites (tertiary alicyclic amines) is 1. The van der Waals surface area contributed by atoms with Gasteiger partial charge < -0.3 is 9.22 Å². The maximum Gasteiger partial charge on any atom is 0.106 e. The number of hydrogen-bond donors (Lipinski definition) is 0. The predicted molar refractivity (Wildman–Crippen MR) is 87.1 cm³/mol. The third kappa shape index (κ3) is 4.31. The fourth-order valence-corrected chi connectivity index (χ4v) is 4.12. The van der Waals surface area contributed by atoms with Crippen molar-refractivity contribution in [3.8, 4) is 0 Å². The van der Waals surface area contributed by atoms with Crippen LogP contribution in [-0.2, 0) is 11.3 Å². The van der Waals surface area contributed by atoms with E-state index in [-0.39, 0.29) is 0 Å². The van der Waals surface area contributed by atoms with Crippen LogP contribution in [0.5, 0.6) is 0 Å². The lowest BCUT2D eigenvalue weighted by atomic mass is 10.1. The van der Waals surface area contributed by atoms with Crippen LogP contribution in [0.15, 0.2) is 30.3 Å². The molecule has 2 fully saturated rings. The quantitative estimate of drug-likeness (QED) is 0.756. The van der Waals surface area contributed by atoms with Gasteiger partial charge in [0.15, 0.2) is 0 Å². The van der Waals surface area contributed by atoms with E-state index in [9.17, 15) is 0 Å². The van der Waals surface area contributed by atoms with Crippen molar-refractivity contribution in [1.82, 2.24) is 0 Å². The molecule has 0 amide bonds. The molecule has 0 N–H and O–H groups in total. The second-order valence-electron chi connectivity index (χ2n) is 7.02. The lowest BCUT2D eigenvalue weighted by Crippen LogP contribution is -2.53. The predicted octanol–water partition coefficient (Wildman–Crippen LogP) is 4.15. The van der Waals surface area contributed by atoms with Gasteiger partial charge >= 0.3 is 0 Å². The van der Waals surface area contributed by atoms with Crippen LogP contribution in [0, 0.1) is 0 Å². The van der Waals surface area contributed by atoms with Crippen molar-refractivity contribution in [2.45, 2.75) is 57.6 Å². The van der Waals surface area contributed by atoms with E-state index in [2.05, 4.69) is 30.3 Å². The van der Waals surface area contributed by atoms with E-state index < -0.39 is 0 Å². The monoisotopic (exact) mass is 288 g/mol. The van der Waals surface area contributed by atoms with Crippen molar-refractivity contribution in [2.75, 3.05) is 26.2 Å². The number of nitrogens with zero attached hydrogens (tertiary/aromatic N) is 1. The van der Waals surface area contributed by atoms with Gasteiger partial charge in [0.25, 0.3) is 0 Å². The lowest BCUT2D eigenvalue weighted by molar-refractivity contribution is -0.943. The molecular formula is C19H30NO+. The number of quaternary nitrogens is 1. The Kier molecular flexibility index (Phi) is 5.32. The van der Waals surface area contributed by atoms with E-state index in [1.165, 1.54) is 81.2 Å². The highest BCUT2D eigenvalue weighted by molar-refractivity contribution is 5.13. The van der Waals surface area contributed by atoms with Crippen LogP contribution >= 0.6 is 0 Å². The molecule has 2 saturated heterocycles. The molecule has 0 spiro atoms. The first-order valence-electron chi connectivity index (χ1n) is 8.87. The van der Waals surface area contributed by atoms with Crippen LogP contribution in [-0.4, -0.2) is 36.8 Å². The molecule has 2 heterocycles. The van der Waals surface area contributed by atoms with Gasteiger partial charge in [-0.1, -0.05) is 30.3 Å². The maximum absolute atomic E-state index is 6.07. The molecule has 21 heavy (non-hydrogen) atoms. The molecule has 0 radical (unpaired) electrons. The SMILES string of the molecule is c1ccc(C[N+]2(CC3CCCCO3)CCCCCC2)cc1. The second kappa shape index (κ2) is 7.42. The standard InChI is InChI=1S/C19H30NO/c1-2-8-14-20(13-7-1,16-18-10-4-3-5-11-18)17-19-12-6-9-15-21-19/h3-5,10-11,19H,1-2,6-9,12-17H2/q+1. The van der Waals surface area contributed by atoms with E-state index in [0.29, 0.717) is 6.10 Å². The molecule has 2 heteroatoms. The van der Waals surface area contributed by atoms with Gasteiger partial charge in [-0.2, -0.15) is 0 Å². The van der Waals surface area contributed by atoms with Crippen molar-refractivity contribution in [1.29, 1.82) is 0 Å². The van der Waals surface area contributed by atoms with Crippen LogP contribution in [0.4, 0.5) is 0 Å². The molecule has 1 aromatic carbocycles. The van der Waals surface area contributed by atoms with E-state index in [1.54, 1.807) is 0 Å². The van der Waals surface area contributed by atoms with Gasteiger partial charge in [0.1, 0.15) is 19.2 Å². The Morgan fingerprint density at radius 3 is 2.33 bits per heavy atom. The topological polar surface area (TPSA) is 9.23 Å². The zero-order chi connectivity index (χ0) is 14.4. The number of hydrogen-bond acceptors (Lipinski definition) is 1. The molecule has 1 atom stereocenters. The number of benzene rings is 1. The molecule has 0 aliphatic carbocycles. The van der Waals surface area contributed by atoms with E-state index in [4.69, 9.17) is 4.74 Å². The van der Waals surface area contributed by atoms with Gasteiger partial charge in [0.2, 0.25) is 0 Å². The van der Waals surface area contributed by atoms with Crippen LogP contribution in [0.25, 0.3) is 0 Å². The zero-order valence-corrected chi connectivity index (χ0v) is 13.3. The fourth-order valence-electron chi connectivity index (χ4n) is 4.12. The first kappa shape index (κ1) is 15.1. The Bertz CT molecular complexity index is 403. The summed E-state index contributed by atoms with van der Waals surface area (Å²) >= 11 is 0. The maximum atomic E-state index is 6.07. The minimum absolute atomic E-state index is 0.501. The first-order valence-corrected chi connectivity index (χ1v) is 8.87. The minimum Gasteiger partial charge on any atom is -0.372 e. The van der Waals surface area contributed by atoms with Gasteiger partial charge in [-0.05, 0) is 44.9 Å². The molecule has 0 aromatic heterocycles. The fraction of sp³-hybridized carbons (Fsp3) is 0.684. The van der Waals surface area contributed by atoms with E-state index in [0.717, 1.165) is 6.61 Å². The van der Waals surface area contributed by atoms with Crippen LogP contribution in [0.1, 0.15) is 50.5 Å². The molecule has 2 aliphatic heterocycles. The van der Waals surface area contributed by atoms with Gasteiger partial charge in [0, 0.05) is 12.2 Å². The van der Waals surface area contributed by atoms with Crippen LogP contribution < -0.4 is 0 Å². The van der Waals surface area contributed by atoms with E-state index in [1.807, 2.05) is 0 Å². The van der Waals surface area contributed by atoms with Crippen molar-refractivity contribution < 1.29 is 9.22 Å². The number of rotatable bonds is 4. The summed E-state index contributed by atoms with van der Waals surface area (Å²) < 4.78 is 7.33. The Morgan fingerprint density at radius 1 is 0.905 bits per heavy atom. The number of ether oxygens (including phenoxy) is 1. The largest absolute Gasteiger partial charge is 0.372 e. The molecule has 116 valence electrons. The van der Waals surface area contributed by atoms with Gasteiger partial charge in [0.05, 0.1) is 13.1 Å². The smallest absolute Gasteiger partial charge is 0.106 e. The second-order valence-corrected chi connectivity index (χ2v) is 7.02. The Labute approximate surface area is 129 Å². The van der Waals surface area contributed by atoms with Gasteiger partial charge in [-0.15, -0.1) is 0 Å². The van der Waals surface area contributed by atoms with Gasteiger partial charge in [-0.25, -0.2) is 0 Å². The van der Waals surface area contributed by atoms with Crippen molar-refractivity contribution in [3.05, 3.63) is 35.9 Å². The summed E-state index contributed by atoms with van der Waals surface area (Å²) in [5.74, 6) is 0. The normalized spacial score (nSPS) is 26.2. The summed E-state index contributed by atoms with van der Waals surface area (Å²) in [5, 5.41) is 0. The summed E-state index contributed by atoms with van der Waals surface area (Å²) in [6.45, 7) is 6.09. The molecular weight excluding hydrogens is 258 g/mol.